The summed E-state index contributed by atoms with van der Waals surface area (Å²) in [6.07, 6.45) is 4.11. The normalized spacial score (nSPS) is 36.5. The third-order valence-electron chi connectivity index (χ3n) is 3.82. The molecule has 2 atom stereocenters. The number of rotatable bonds is 3. The first-order valence-electron chi connectivity index (χ1n) is 6.00. The van der Waals surface area contributed by atoms with Gasteiger partial charge in [-0.05, 0) is 25.2 Å². The van der Waals surface area contributed by atoms with Crippen LogP contribution in [0.5, 0.6) is 0 Å². The van der Waals surface area contributed by atoms with E-state index in [2.05, 4.69) is 25.3 Å². The lowest BCUT2D eigenvalue weighted by atomic mass is 9.84. The van der Waals surface area contributed by atoms with Crippen LogP contribution in [-0.4, -0.2) is 36.7 Å². The molecule has 0 unspecified atom stereocenters. The molecule has 15 heavy (non-hydrogen) atoms. The highest BCUT2D eigenvalue weighted by molar-refractivity contribution is 5.19. The Hall–Kier alpha value is -0.340. The molecule has 86 valence electrons. The summed E-state index contributed by atoms with van der Waals surface area (Å²) in [6, 6.07) is 0. The molecule has 2 aliphatic heterocycles. The Balaban J connectivity index is 2.13. The molecule has 0 amide bonds. The van der Waals surface area contributed by atoms with E-state index in [1.165, 1.54) is 24.8 Å². The van der Waals surface area contributed by atoms with Crippen molar-refractivity contribution in [1.82, 2.24) is 4.90 Å². The first kappa shape index (κ1) is 11.2. The van der Waals surface area contributed by atoms with Gasteiger partial charge >= 0.3 is 0 Å². The Kier molecular flexibility index (Phi) is 2.91. The van der Waals surface area contributed by atoms with Crippen molar-refractivity contribution in [2.24, 2.45) is 5.92 Å². The van der Waals surface area contributed by atoms with Crippen molar-refractivity contribution in [3.05, 3.63) is 12.2 Å². The third kappa shape index (κ3) is 1.98. The second kappa shape index (κ2) is 3.91. The summed E-state index contributed by atoms with van der Waals surface area (Å²) in [7, 11) is 1.84. The Labute approximate surface area is 93.3 Å². The van der Waals surface area contributed by atoms with Crippen molar-refractivity contribution in [1.29, 1.82) is 0 Å². The molecule has 2 aliphatic rings. The summed E-state index contributed by atoms with van der Waals surface area (Å²) < 4.78 is 5.52. The third-order valence-corrected chi connectivity index (χ3v) is 3.82. The van der Waals surface area contributed by atoms with Crippen LogP contribution in [0, 0.1) is 5.92 Å². The second-order valence-corrected chi connectivity index (χ2v) is 5.69. The summed E-state index contributed by atoms with van der Waals surface area (Å²) in [4.78, 5) is 2.60. The number of hydrogen-bond donors (Lipinski definition) is 0. The van der Waals surface area contributed by atoms with Crippen LogP contribution in [0.1, 0.15) is 33.1 Å². The number of fused-ring (bicyclic) bond motifs is 1. The van der Waals surface area contributed by atoms with Crippen molar-refractivity contribution in [2.75, 3.05) is 20.2 Å². The van der Waals surface area contributed by atoms with E-state index in [4.69, 9.17) is 4.74 Å². The van der Waals surface area contributed by atoms with E-state index < -0.39 is 0 Å². The number of methoxy groups -OCH3 is 1. The fraction of sp³-hybridized carbons (Fsp3) is 0.846. The Morgan fingerprint density at radius 1 is 1.60 bits per heavy atom. The Morgan fingerprint density at radius 2 is 2.33 bits per heavy atom. The maximum Gasteiger partial charge on any atom is 0.0716 e. The molecule has 0 bridgehead atoms. The van der Waals surface area contributed by atoms with Crippen LogP contribution in [0.25, 0.3) is 0 Å². The van der Waals surface area contributed by atoms with E-state index in [-0.39, 0.29) is 0 Å². The van der Waals surface area contributed by atoms with Crippen LogP contribution < -0.4 is 0 Å². The smallest absolute Gasteiger partial charge is 0.0716 e. The molecule has 0 aromatic carbocycles. The molecule has 0 saturated carbocycles. The van der Waals surface area contributed by atoms with Crippen molar-refractivity contribution in [3.8, 4) is 0 Å². The largest absolute Gasteiger partial charge is 0.380 e. The molecule has 2 heteroatoms. The van der Waals surface area contributed by atoms with Gasteiger partial charge < -0.3 is 4.74 Å². The van der Waals surface area contributed by atoms with E-state index in [1.54, 1.807) is 0 Å². The van der Waals surface area contributed by atoms with Crippen molar-refractivity contribution in [2.45, 2.75) is 44.8 Å². The predicted octanol–water partition coefficient (Wildman–Crippen LogP) is 2.45. The van der Waals surface area contributed by atoms with Gasteiger partial charge in [-0.25, -0.2) is 0 Å². The second-order valence-electron chi connectivity index (χ2n) is 5.69. The van der Waals surface area contributed by atoms with Crippen LogP contribution in [0.4, 0.5) is 0 Å². The molecule has 2 nitrogen and oxygen atoms in total. The SMILES string of the molecule is C=C1CN2C[C@H](OC)C[C@@]2(CC(C)C)C1. The highest BCUT2D eigenvalue weighted by atomic mass is 16.5. The summed E-state index contributed by atoms with van der Waals surface area (Å²) in [5.41, 5.74) is 1.79. The summed E-state index contributed by atoms with van der Waals surface area (Å²) in [6.45, 7) is 11.0. The monoisotopic (exact) mass is 209 g/mol. The maximum atomic E-state index is 5.52. The van der Waals surface area contributed by atoms with Gasteiger partial charge in [0.05, 0.1) is 6.10 Å². The molecule has 0 N–H and O–H groups in total. The van der Waals surface area contributed by atoms with Gasteiger partial charge in [0.1, 0.15) is 0 Å². The van der Waals surface area contributed by atoms with E-state index in [9.17, 15) is 0 Å². The van der Waals surface area contributed by atoms with Crippen molar-refractivity contribution >= 4 is 0 Å². The topological polar surface area (TPSA) is 12.5 Å². The molecular formula is C13H23NO. The molecule has 2 fully saturated rings. The molecule has 0 aromatic rings. The summed E-state index contributed by atoms with van der Waals surface area (Å²) >= 11 is 0. The van der Waals surface area contributed by atoms with E-state index in [0.29, 0.717) is 11.6 Å². The fourth-order valence-corrected chi connectivity index (χ4v) is 3.47. The zero-order valence-electron chi connectivity index (χ0n) is 10.3. The minimum Gasteiger partial charge on any atom is -0.380 e. The standard InChI is InChI=1S/C13H23NO/c1-10(2)5-13-6-11(3)8-14(13)9-12(7-13)15-4/h10,12H,3,5-9H2,1-2,4H3/t12-,13-/m1/s1. The summed E-state index contributed by atoms with van der Waals surface area (Å²) in [5, 5.41) is 0. The first-order valence-corrected chi connectivity index (χ1v) is 6.00. The average molecular weight is 209 g/mol. The van der Waals surface area contributed by atoms with Gasteiger partial charge in [-0.1, -0.05) is 26.0 Å². The van der Waals surface area contributed by atoms with E-state index in [0.717, 1.165) is 19.0 Å². The molecular weight excluding hydrogens is 186 g/mol. The Bertz CT molecular complexity index is 261. The van der Waals surface area contributed by atoms with Gasteiger partial charge in [-0.3, -0.25) is 4.90 Å². The molecule has 0 radical (unpaired) electrons. The predicted molar refractivity (Wildman–Crippen MR) is 62.9 cm³/mol. The van der Waals surface area contributed by atoms with E-state index >= 15 is 0 Å². The summed E-state index contributed by atoms with van der Waals surface area (Å²) in [5.74, 6) is 0.758. The van der Waals surface area contributed by atoms with Gasteiger partial charge in [-0.2, -0.15) is 0 Å². The van der Waals surface area contributed by atoms with Crippen molar-refractivity contribution in [3.63, 3.8) is 0 Å². The highest BCUT2D eigenvalue weighted by Crippen LogP contribution is 2.45. The van der Waals surface area contributed by atoms with Gasteiger partial charge in [0.15, 0.2) is 0 Å². The first-order chi connectivity index (χ1) is 7.05. The molecule has 2 rings (SSSR count). The fourth-order valence-electron chi connectivity index (χ4n) is 3.47. The molecule has 0 aliphatic carbocycles. The lowest BCUT2D eigenvalue weighted by molar-refractivity contribution is 0.108. The van der Waals surface area contributed by atoms with Crippen LogP contribution in [-0.2, 0) is 4.74 Å². The van der Waals surface area contributed by atoms with Crippen LogP contribution >= 0.6 is 0 Å². The minimum atomic E-state index is 0.381. The van der Waals surface area contributed by atoms with Crippen LogP contribution in [0.15, 0.2) is 12.2 Å². The molecule has 2 saturated heterocycles. The Morgan fingerprint density at radius 3 is 2.93 bits per heavy atom. The van der Waals surface area contributed by atoms with Crippen molar-refractivity contribution < 1.29 is 4.74 Å². The molecule has 0 aromatic heterocycles. The minimum absolute atomic E-state index is 0.381. The number of nitrogens with zero attached hydrogens (tertiary/aromatic N) is 1. The number of ether oxygens (including phenoxy) is 1. The zero-order valence-corrected chi connectivity index (χ0v) is 10.3. The van der Waals surface area contributed by atoms with Gasteiger partial charge in [0, 0.05) is 25.7 Å². The zero-order chi connectivity index (χ0) is 11.1. The molecule has 0 spiro atoms. The van der Waals surface area contributed by atoms with E-state index in [1.807, 2.05) is 7.11 Å². The van der Waals surface area contributed by atoms with Crippen LogP contribution in [0.2, 0.25) is 0 Å². The van der Waals surface area contributed by atoms with Crippen LogP contribution in [0.3, 0.4) is 0 Å². The maximum absolute atomic E-state index is 5.52. The molecule has 2 heterocycles. The highest BCUT2D eigenvalue weighted by Gasteiger charge is 2.49. The average Bonchev–Trinajstić information content (AvgIpc) is 2.54. The van der Waals surface area contributed by atoms with Gasteiger partial charge in [0.2, 0.25) is 0 Å². The van der Waals surface area contributed by atoms with Gasteiger partial charge in [-0.15, -0.1) is 0 Å². The number of hydrogen-bond acceptors (Lipinski definition) is 2. The lowest BCUT2D eigenvalue weighted by Gasteiger charge is -2.33. The lowest BCUT2D eigenvalue weighted by Crippen LogP contribution is -2.39. The quantitative estimate of drug-likeness (QED) is 0.662. The van der Waals surface area contributed by atoms with Gasteiger partial charge in [0.25, 0.3) is 0 Å².